The molecule has 2 aromatic heterocycles. The molecule has 3 amide bonds. The lowest BCUT2D eigenvalue weighted by Gasteiger charge is -2.39. The van der Waals surface area contributed by atoms with E-state index >= 15 is 0 Å². The summed E-state index contributed by atoms with van der Waals surface area (Å²) < 4.78 is 33.6. The Labute approximate surface area is 206 Å². The summed E-state index contributed by atoms with van der Waals surface area (Å²) in [4.78, 5) is 41.8. The molecule has 0 aliphatic carbocycles. The van der Waals surface area contributed by atoms with Crippen LogP contribution >= 0.6 is 0 Å². The van der Waals surface area contributed by atoms with Gasteiger partial charge in [0.15, 0.2) is 11.5 Å². The van der Waals surface area contributed by atoms with Gasteiger partial charge in [-0.1, -0.05) is 0 Å². The summed E-state index contributed by atoms with van der Waals surface area (Å²) in [5, 5.41) is 15.8. The highest BCUT2D eigenvalue weighted by atomic mass is 19.4. The van der Waals surface area contributed by atoms with Crippen molar-refractivity contribution in [2.24, 2.45) is 0 Å². The topological polar surface area (TPSA) is 115 Å². The van der Waals surface area contributed by atoms with E-state index in [1.807, 2.05) is 39.6 Å². The van der Waals surface area contributed by atoms with Gasteiger partial charge in [0.1, 0.15) is 0 Å². The fourth-order valence-corrected chi connectivity index (χ4v) is 4.15. The molecular formula is C22H30F3N7O4. The molecule has 2 aromatic rings. The van der Waals surface area contributed by atoms with E-state index in [1.165, 1.54) is 6.42 Å². The van der Waals surface area contributed by atoms with Gasteiger partial charge in [0.2, 0.25) is 0 Å². The van der Waals surface area contributed by atoms with Gasteiger partial charge in [-0.15, -0.1) is 10.2 Å². The third-order valence-electron chi connectivity index (χ3n) is 6.16. The molecule has 0 bridgehead atoms. The molecule has 0 radical (unpaired) electrons. The minimum absolute atomic E-state index is 0.00196. The molecule has 1 unspecified atom stereocenters. The maximum absolute atomic E-state index is 12.9. The van der Waals surface area contributed by atoms with Crippen molar-refractivity contribution in [2.45, 2.75) is 31.5 Å². The van der Waals surface area contributed by atoms with E-state index in [9.17, 15) is 22.8 Å². The van der Waals surface area contributed by atoms with E-state index in [0.29, 0.717) is 24.3 Å². The molecule has 2 aliphatic heterocycles. The van der Waals surface area contributed by atoms with Crippen LogP contribution in [0.3, 0.4) is 0 Å². The minimum atomic E-state index is -5.08. The number of carboxylic acid groups (broad SMARTS) is 1. The van der Waals surface area contributed by atoms with Gasteiger partial charge in [-0.2, -0.15) is 13.2 Å². The molecule has 36 heavy (non-hydrogen) atoms. The third kappa shape index (κ3) is 6.22. The van der Waals surface area contributed by atoms with Gasteiger partial charge < -0.3 is 19.8 Å². The standard InChI is InChI=1S/C20H29N7O2.C2HF3O2/c1-23(2)20(29)26-12-11-24(3)16(14-26)18-22-21-17-8-7-15(13-27(17)18)19(28)25-9-5-4-6-10-25;3-2(4,5)1(6)7/h7-8,13,16H,4-6,9-12,14H2,1-3H3;(H,6,7). The Morgan fingerprint density at radius 3 is 2.22 bits per heavy atom. The number of piperidine rings is 1. The first-order chi connectivity index (χ1) is 16.9. The molecule has 0 spiro atoms. The number of likely N-dealkylation sites (tertiary alicyclic amines) is 1. The number of aliphatic carboxylic acids is 1. The van der Waals surface area contributed by atoms with Crippen LogP contribution in [0, 0.1) is 0 Å². The minimum Gasteiger partial charge on any atom is -0.475 e. The lowest BCUT2D eigenvalue weighted by Crippen LogP contribution is -2.52. The summed E-state index contributed by atoms with van der Waals surface area (Å²) in [5.41, 5.74) is 1.36. The van der Waals surface area contributed by atoms with Crippen LogP contribution < -0.4 is 0 Å². The number of hydrogen-bond acceptors (Lipinski definition) is 6. The van der Waals surface area contributed by atoms with E-state index in [1.54, 1.807) is 19.0 Å². The number of carbonyl (C=O) groups is 3. The van der Waals surface area contributed by atoms with E-state index in [4.69, 9.17) is 9.90 Å². The average molecular weight is 514 g/mol. The first-order valence-corrected chi connectivity index (χ1v) is 11.5. The summed E-state index contributed by atoms with van der Waals surface area (Å²) in [7, 11) is 5.56. The number of pyridine rings is 1. The van der Waals surface area contributed by atoms with Crippen molar-refractivity contribution >= 4 is 23.6 Å². The molecule has 0 saturated carbocycles. The fraction of sp³-hybridized carbons (Fsp3) is 0.591. The number of carbonyl (C=O) groups excluding carboxylic acids is 2. The number of alkyl halides is 3. The van der Waals surface area contributed by atoms with Gasteiger partial charge in [0.05, 0.1) is 11.6 Å². The number of hydrogen-bond donors (Lipinski definition) is 1. The Hall–Kier alpha value is -3.42. The number of halogens is 3. The smallest absolute Gasteiger partial charge is 0.475 e. The second-order valence-electron chi connectivity index (χ2n) is 8.98. The summed E-state index contributed by atoms with van der Waals surface area (Å²) in [5.74, 6) is -1.94. The predicted molar refractivity (Wildman–Crippen MR) is 122 cm³/mol. The molecule has 4 heterocycles. The molecule has 1 atom stereocenters. The molecule has 11 nitrogen and oxygen atoms in total. The highest BCUT2D eigenvalue weighted by molar-refractivity contribution is 5.94. The van der Waals surface area contributed by atoms with Crippen molar-refractivity contribution in [3.63, 3.8) is 0 Å². The predicted octanol–water partition coefficient (Wildman–Crippen LogP) is 1.96. The van der Waals surface area contributed by atoms with Gasteiger partial charge >= 0.3 is 18.2 Å². The lowest BCUT2D eigenvalue weighted by atomic mass is 10.1. The van der Waals surface area contributed by atoms with E-state index in [-0.39, 0.29) is 18.0 Å². The molecule has 1 N–H and O–H groups in total. The van der Waals surface area contributed by atoms with E-state index < -0.39 is 12.1 Å². The summed E-state index contributed by atoms with van der Waals surface area (Å²) in [6.07, 6.45) is 0.0830. The van der Waals surface area contributed by atoms with Crippen molar-refractivity contribution in [1.82, 2.24) is 34.2 Å². The molecule has 2 fully saturated rings. The van der Waals surface area contributed by atoms with Crippen LogP contribution in [-0.4, -0.2) is 117 Å². The molecule has 14 heteroatoms. The lowest BCUT2D eigenvalue weighted by molar-refractivity contribution is -0.192. The number of piperazine rings is 1. The number of nitrogens with zero attached hydrogens (tertiary/aromatic N) is 7. The second-order valence-corrected chi connectivity index (χ2v) is 8.98. The van der Waals surface area contributed by atoms with Crippen molar-refractivity contribution in [3.05, 3.63) is 29.7 Å². The third-order valence-corrected chi connectivity index (χ3v) is 6.16. The number of aromatic nitrogens is 3. The van der Waals surface area contributed by atoms with Crippen molar-refractivity contribution in [3.8, 4) is 0 Å². The number of likely N-dealkylation sites (N-methyl/N-ethyl adjacent to an activating group) is 1. The highest BCUT2D eigenvalue weighted by Crippen LogP contribution is 2.24. The monoisotopic (exact) mass is 513 g/mol. The number of carboxylic acids is 1. The first-order valence-electron chi connectivity index (χ1n) is 11.5. The van der Waals surface area contributed by atoms with Gasteiger partial charge in [-0.25, -0.2) is 9.59 Å². The maximum atomic E-state index is 12.9. The molecule has 0 aromatic carbocycles. The van der Waals surface area contributed by atoms with Gasteiger partial charge in [-0.05, 0) is 38.4 Å². The SMILES string of the molecule is CN(C)C(=O)N1CCN(C)C(c2nnc3ccc(C(=O)N4CCCCC4)cn23)C1.O=C(O)C(F)(F)F. The van der Waals surface area contributed by atoms with Gasteiger partial charge in [0, 0.05) is 53.0 Å². The highest BCUT2D eigenvalue weighted by Gasteiger charge is 2.38. The molecule has 198 valence electrons. The van der Waals surface area contributed by atoms with Crippen molar-refractivity contribution in [1.29, 1.82) is 0 Å². The van der Waals surface area contributed by atoms with Crippen molar-refractivity contribution in [2.75, 3.05) is 53.9 Å². The number of urea groups is 1. The normalized spacial score (nSPS) is 19.0. The van der Waals surface area contributed by atoms with Crippen LogP contribution in [0.4, 0.5) is 18.0 Å². The van der Waals surface area contributed by atoms with E-state index in [0.717, 1.165) is 38.3 Å². The summed E-state index contributed by atoms with van der Waals surface area (Å²) >= 11 is 0. The van der Waals surface area contributed by atoms with Crippen LogP contribution in [0.2, 0.25) is 0 Å². The zero-order chi connectivity index (χ0) is 26.6. The number of rotatable bonds is 2. The quantitative estimate of drug-likeness (QED) is 0.653. The Balaban J connectivity index is 0.000000454. The zero-order valence-corrected chi connectivity index (χ0v) is 20.4. The van der Waals surface area contributed by atoms with Crippen LogP contribution in [-0.2, 0) is 4.79 Å². The largest absolute Gasteiger partial charge is 0.490 e. The fourth-order valence-electron chi connectivity index (χ4n) is 4.15. The number of fused-ring (bicyclic) bond motifs is 1. The Morgan fingerprint density at radius 1 is 1.00 bits per heavy atom. The van der Waals surface area contributed by atoms with E-state index in [2.05, 4.69) is 15.1 Å². The first kappa shape index (κ1) is 27.2. The van der Waals surface area contributed by atoms with Crippen LogP contribution in [0.1, 0.15) is 41.5 Å². The molecule has 2 saturated heterocycles. The van der Waals surface area contributed by atoms with Crippen LogP contribution in [0.15, 0.2) is 18.3 Å². The Morgan fingerprint density at radius 2 is 1.64 bits per heavy atom. The molecule has 4 rings (SSSR count). The Kier molecular flexibility index (Phi) is 8.38. The van der Waals surface area contributed by atoms with Gasteiger partial charge in [0.25, 0.3) is 5.91 Å². The average Bonchev–Trinajstić information content (AvgIpc) is 3.27. The maximum Gasteiger partial charge on any atom is 0.490 e. The van der Waals surface area contributed by atoms with Crippen LogP contribution in [0.25, 0.3) is 5.65 Å². The molecule has 2 aliphatic rings. The summed E-state index contributed by atoms with van der Waals surface area (Å²) in [6.45, 7) is 3.61. The van der Waals surface area contributed by atoms with Gasteiger partial charge in [-0.3, -0.25) is 14.1 Å². The zero-order valence-electron chi connectivity index (χ0n) is 20.4. The number of amides is 3. The summed E-state index contributed by atoms with van der Waals surface area (Å²) in [6, 6.07) is 3.59. The molecular weight excluding hydrogens is 483 g/mol. The van der Waals surface area contributed by atoms with Crippen LogP contribution in [0.5, 0.6) is 0 Å². The Bertz CT molecular complexity index is 1100. The second kappa shape index (κ2) is 11.1. The van der Waals surface area contributed by atoms with Crippen molar-refractivity contribution < 1.29 is 32.7 Å².